The van der Waals surface area contributed by atoms with Crippen LogP contribution >= 0.6 is 12.2 Å². The van der Waals surface area contributed by atoms with Gasteiger partial charge in [0, 0.05) is 11.8 Å². The number of benzene rings is 1. The van der Waals surface area contributed by atoms with Gasteiger partial charge >= 0.3 is 0 Å². The fourth-order valence-corrected chi connectivity index (χ4v) is 3.04. The minimum absolute atomic E-state index is 0.0328. The summed E-state index contributed by atoms with van der Waals surface area (Å²) in [7, 11) is -3.72. The molecule has 0 aliphatic rings. The van der Waals surface area contributed by atoms with E-state index in [1.807, 2.05) is 0 Å². The molecule has 0 fully saturated rings. The smallest absolute Gasteiger partial charge is 0.241 e. The normalized spacial score (nSPS) is 11.2. The molecular formula is C12H12N4O2S2. The molecule has 1 aromatic heterocycles. The van der Waals surface area contributed by atoms with Gasteiger partial charge in [0.1, 0.15) is 4.99 Å². The van der Waals surface area contributed by atoms with Crippen LogP contribution in [0.3, 0.4) is 0 Å². The summed E-state index contributed by atoms with van der Waals surface area (Å²) in [6.45, 7) is 0.0435. The quantitative estimate of drug-likeness (QED) is 0.785. The fraction of sp³-hybridized carbons (Fsp3) is 0.0833. The maximum Gasteiger partial charge on any atom is 0.241 e. The molecule has 0 aliphatic heterocycles. The lowest BCUT2D eigenvalue weighted by Crippen LogP contribution is -2.26. The first-order valence-corrected chi connectivity index (χ1v) is 7.55. The number of nitrogens with one attached hydrogen (secondary N) is 1. The van der Waals surface area contributed by atoms with E-state index in [1.54, 1.807) is 30.3 Å². The Morgan fingerprint density at radius 3 is 2.65 bits per heavy atom. The molecule has 1 heterocycles. The van der Waals surface area contributed by atoms with Gasteiger partial charge in [-0.25, -0.2) is 13.1 Å². The molecule has 0 radical (unpaired) electrons. The third kappa shape index (κ3) is 3.35. The Balaban J connectivity index is 2.25. The number of nitrogens with zero attached hydrogens (tertiary/aromatic N) is 2. The molecule has 0 bridgehead atoms. The first kappa shape index (κ1) is 14.5. The fourth-order valence-electron chi connectivity index (χ4n) is 1.58. The van der Waals surface area contributed by atoms with E-state index < -0.39 is 10.0 Å². The Labute approximate surface area is 122 Å². The summed E-state index contributed by atoms with van der Waals surface area (Å²) in [5, 5.41) is 7.48. The van der Waals surface area contributed by atoms with E-state index in [-0.39, 0.29) is 16.4 Å². The highest BCUT2D eigenvalue weighted by atomic mass is 32.2. The Morgan fingerprint density at radius 1 is 1.25 bits per heavy atom. The molecule has 104 valence electrons. The van der Waals surface area contributed by atoms with Crippen molar-refractivity contribution in [2.75, 3.05) is 0 Å². The average Bonchev–Trinajstić information content (AvgIpc) is 2.46. The average molecular weight is 308 g/mol. The van der Waals surface area contributed by atoms with E-state index in [9.17, 15) is 8.42 Å². The first-order valence-electron chi connectivity index (χ1n) is 5.66. The van der Waals surface area contributed by atoms with Gasteiger partial charge in [-0.3, -0.25) is 0 Å². The van der Waals surface area contributed by atoms with Crippen LogP contribution < -0.4 is 10.5 Å². The standard InChI is InChI=1S/C12H12N4O2S2/c13-12(19)10-5-1-2-6-11(10)20(17,18)15-8-9-4-3-7-14-16-9/h1-7,15H,8H2,(H2,13,19). The number of aromatic nitrogens is 2. The molecule has 2 aromatic rings. The SMILES string of the molecule is NC(=S)c1ccccc1S(=O)(=O)NCc1cccnn1. The molecule has 0 aliphatic carbocycles. The Morgan fingerprint density at radius 2 is 2.00 bits per heavy atom. The summed E-state index contributed by atoms with van der Waals surface area (Å²) in [4.78, 5) is 0.0851. The van der Waals surface area contributed by atoms with Crippen LogP contribution in [0.5, 0.6) is 0 Å². The van der Waals surface area contributed by atoms with Crippen molar-refractivity contribution in [1.82, 2.24) is 14.9 Å². The van der Waals surface area contributed by atoms with Crippen LogP contribution in [0.2, 0.25) is 0 Å². The molecule has 0 amide bonds. The number of thiocarbonyl (C=S) groups is 1. The van der Waals surface area contributed by atoms with Gasteiger partial charge in [-0.05, 0) is 18.2 Å². The summed E-state index contributed by atoms with van der Waals surface area (Å²) in [6.07, 6.45) is 1.51. The molecule has 3 N–H and O–H groups in total. The summed E-state index contributed by atoms with van der Waals surface area (Å²) >= 11 is 4.86. The molecule has 0 saturated carbocycles. The van der Waals surface area contributed by atoms with Crippen LogP contribution in [0.25, 0.3) is 0 Å². The van der Waals surface area contributed by atoms with Gasteiger partial charge in [-0.2, -0.15) is 10.2 Å². The molecule has 20 heavy (non-hydrogen) atoms. The van der Waals surface area contributed by atoms with Gasteiger partial charge < -0.3 is 5.73 Å². The van der Waals surface area contributed by atoms with Crippen LogP contribution in [0.15, 0.2) is 47.5 Å². The highest BCUT2D eigenvalue weighted by Gasteiger charge is 2.19. The van der Waals surface area contributed by atoms with E-state index >= 15 is 0 Å². The van der Waals surface area contributed by atoms with E-state index in [2.05, 4.69) is 14.9 Å². The van der Waals surface area contributed by atoms with Crippen LogP contribution in [0.4, 0.5) is 0 Å². The largest absolute Gasteiger partial charge is 0.389 e. The van der Waals surface area contributed by atoms with Gasteiger partial charge in [0.05, 0.1) is 17.1 Å². The lowest BCUT2D eigenvalue weighted by Gasteiger charge is -2.10. The maximum absolute atomic E-state index is 12.3. The van der Waals surface area contributed by atoms with E-state index in [0.29, 0.717) is 11.3 Å². The van der Waals surface area contributed by atoms with Crippen molar-refractivity contribution in [2.45, 2.75) is 11.4 Å². The number of nitrogens with two attached hydrogens (primary N) is 1. The molecule has 0 atom stereocenters. The predicted octanol–water partition coefficient (Wildman–Crippen LogP) is 0.589. The van der Waals surface area contributed by atoms with Crippen LogP contribution in [0.1, 0.15) is 11.3 Å². The van der Waals surface area contributed by atoms with E-state index in [1.165, 1.54) is 12.3 Å². The predicted molar refractivity (Wildman–Crippen MR) is 78.4 cm³/mol. The van der Waals surface area contributed by atoms with Gasteiger partial charge in [0.2, 0.25) is 10.0 Å². The van der Waals surface area contributed by atoms with Crippen molar-refractivity contribution < 1.29 is 8.42 Å². The van der Waals surface area contributed by atoms with Gasteiger partial charge in [0.15, 0.2) is 0 Å². The van der Waals surface area contributed by atoms with Gasteiger partial charge in [-0.15, -0.1) is 0 Å². The Bertz CT molecular complexity index is 717. The second kappa shape index (κ2) is 6.04. The second-order valence-electron chi connectivity index (χ2n) is 3.90. The zero-order chi connectivity index (χ0) is 14.6. The summed E-state index contributed by atoms with van der Waals surface area (Å²) in [6, 6.07) is 9.66. The van der Waals surface area contributed by atoms with Gasteiger partial charge in [-0.1, -0.05) is 30.4 Å². The van der Waals surface area contributed by atoms with Crippen molar-refractivity contribution >= 4 is 27.2 Å². The van der Waals surface area contributed by atoms with Crippen LogP contribution in [0, 0.1) is 0 Å². The molecule has 1 aromatic carbocycles. The van der Waals surface area contributed by atoms with E-state index in [0.717, 1.165) is 0 Å². The number of hydrogen-bond acceptors (Lipinski definition) is 5. The zero-order valence-corrected chi connectivity index (χ0v) is 12.0. The third-order valence-corrected chi connectivity index (χ3v) is 4.19. The maximum atomic E-state index is 12.3. The summed E-state index contributed by atoms with van der Waals surface area (Å²) in [5.74, 6) is 0. The number of rotatable bonds is 5. The zero-order valence-electron chi connectivity index (χ0n) is 10.4. The molecule has 6 nitrogen and oxygen atoms in total. The highest BCUT2D eigenvalue weighted by molar-refractivity contribution is 7.89. The molecule has 8 heteroatoms. The highest BCUT2D eigenvalue weighted by Crippen LogP contribution is 2.15. The second-order valence-corrected chi connectivity index (χ2v) is 6.08. The summed E-state index contributed by atoms with van der Waals surface area (Å²) in [5.41, 5.74) is 6.37. The van der Waals surface area contributed by atoms with Crippen molar-refractivity contribution in [3.8, 4) is 0 Å². The topological polar surface area (TPSA) is 98.0 Å². The third-order valence-electron chi connectivity index (χ3n) is 2.51. The lowest BCUT2D eigenvalue weighted by atomic mass is 10.2. The van der Waals surface area contributed by atoms with E-state index in [4.69, 9.17) is 18.0 Å². The molecule has 2 rings (SSSR count). The van der Waals surface area contributed by atoms with Crippen molar-refractivity contribution in [1.29, 1.82) is 0 Å². The molecule has 0 spiro atoms. The monoisotopic (exact) mass is 308 g/mol. The van der Waals surface area contributed by atoms with Crippen molar-refractivity contribution in [3.63, 3.8) is 0 Å². The first-order chi connectivity index (χ1) is 9.50. The minimum atomic E-state index is -3.72. The molecule has 0 unspecified atom stereocenters. The summed E-state index contributed by atoms with van der Waals surface area (Å²) < 4.78 is 27.0. The lowest BCUT2D eigenvalue weighted by molar-refractivity contribution is 0.580. The van der Waals surface area contributed by atoms with Gasteiger partial charge in [0.25, 0.3) is 0 Å². The van der Waals surface area contributed by atoms with Crippen molar-refractivity contribution in [3.05, 3.63) is 53.9 Å². The van der Waals surface area contributed by atoms with Crippen LogP contribution in [-0.4, -0.2) is 23.6 Å². The number of hydrogen-bond donors (Lipinski definition) is 2. The molecular weight excluding hydrogens is 296 g/mol. The molecule has 0 saturated heterocycles. The Hall–Kier alpha value is -1.90. The van der Waals surface area contributed by atoms with Crippen molar-refractivity contribution in [2.24, 2.45) is 5.73 Å². The van der Waals surface area contributed by atoms with Crippen LogP contribution in [-0.2, 0) is 16.6 Å². The number of sulfonamides is 1. The Kier molecular flexibility index (Phi) is 4.38. The minimum Gasteiger partial charge on any atom is -0.389 e.